The van der Waals surface area contributed by atoms with Crippen molar-refractivity contribution in [3.63, 3.8) is 0 Å². The number of nitrogens with two attached hydrogens (primary N) is 1. The number of allylic oxidation sites excluding steroid dienone is 1. The number of nitrogens with one attached hydrogen (secondary N) is 1. The van der Waals surface area contributed by atoms with Crippen molar-refractivity contribution in [1.82, 2.24) is 20.0 Å². The van der Waals surface area contributed by atoms with Gasteiger partial charge in [-0.15, -0.1) is 0 Å². The number of alkyl halides is 3. The number of ketones is 2. The van der Waals surface area contributed by atoms with Crippen LogP contribution in [0, 0.1) is 0 Å². The number of hydrogen-bond acceptors (Lipinski definition) is 8. The number of rotatable bonds is 3. The highest BCUT2D eigenvalue weighted by Crippen LogP contribution is 2.33. The van der Waals surface area contributed by atoms with Gasteiger partial charge in [-0.05, 0) is 36.2 Å². The van der Waals surface area contributed by atoms with Crippen molar-refractivity contribution in [1.29, 1.82) is 0 Å². The molecule has 1 aromatic carbocycles. The molecule has 0 atom stereocenters. The molecule has 0 amide bonds. The maximum Gasteiger partial charge on any atom is 0.490 e. The molecule has 1 aromatic rings. The van der Waals surface area contributed by atoms with Gasteiger partial charge in [-0.25, -0.2) is 4.79 Å². The third-order valence-electron chi connectivity index (χ3n) is 5.85. The molecule has 0 bridgehead atoms. The Kier molecular flexibility index (Phi) is 6.75. The molecular formula is C23H26F3N5O4. The van der Waals surface area contributed by atoms with E-state index >= 15 is 0 Å². The molecule has 35 heavy (non-hydrogen) atoms. The lowest BCUT2D eigenvalue weighted by atomic mass is 10.0. The molecule has 9 nitrogen and oxygen atoms in total. The minimum atomic E-state index is -5.08. The number of Topliss-reactive ketones (excluding diaryl/α,β-unsaturated/α-hetero) is 1. The molecule has 4 N–H and O–H groups in total. The quantitative estimate of drug-likeness (QED) is 0.318. The number of benzene rings is 1. The van der Waals surface area contributed by atoms with Crippen LogP contribution in [0.2, 0.25) is 0 Å². The highest BCUT2D eigenvalue weighted by Gasteiger charge is 2.43. The second-order valence-corrected chi connectivity index (χ2v) is 8.64. The molecule has 0 radical (unpaired) electrons. The summed E-state index contributed by atoms with van der Waals surface area (Å²) in [6, 6.07) is 6.16. The highest BCUT2D eigenvalue weighted by atomic mass is 19.4. The lowest BCUT2D eigenvalue weighted by Gasteiger charge is -2.21. The van der Waals surface area contributed by atoms with E-state index in [1.165, 1.54) is 17.2 Å². The standard InChI is InChI=1S/C12H13N3O2.C9H12N2.C2HF3O2/c16-9-7-8(13-1-2-13)12(17)11(15-5-6-15)10(9)14-3-4-14;10-9-2-1-7-3-4-11-6-8(7)5-9;3-2(4,5)1(6)7/h7H,1-6H2;1-2,5,11H,3-4,6,10H2;(H,6,7). The average molecular weight is 493 g/mol. The Morgan fingerprint density at radius 2 is 1.51 bits per heavy atom. The smallest absolute Gasteiger partial charge is 0.475 e. The number of aliphatic carboxylic acids is 1. The van der Waals surface area contributed by atoms with Crippen molar-refractivity contribution < 1.29 is 32.7 Å². The fraction of sp³-hybridized carbons (Fsp3) is 0.435. The summed E-state index contributed by atoms with van der Waals surface area (Å²) in [5.74, 6) is -2.71. The van der Waals surface area contributed by atoms with Gasteiger partial charge in [0.15, 0.2) is 0 Å². The largest absolute Gasteiger partial charge is 0.490 e. The van der Waals surface area contributed by atoms with Gasteiger partial charge in [-0.2, -0.15) is 13.2 Å². The van der Waals surface area contributed by atoms with E-state index in [1.54, 1.807) is 0 Å². The fourth-order valence-corrected chi connectivity index (χ4v) is 3.78. The van der Waals surface area contributed by atoms with Gasteiger partial charge in [-0.1, -0.05) is 6.07 Å². The molecule has 3 fully saturated rings. The number of carbonyl (C=O) groups excluding carboxylic acids is 2. The van der Waals surface area contributed by atoms with E-state index in [-0.39, 0.29) is 11.6 Å². The van der Waals surface area contributed by atoms with Gasteiger partial charge in [-0.3, -0.25) is 9.59 Å². The van der Waals surface area contributed by atoms with Crippen LogP contribution in [-0.4, -0.2) is 89.3 Å². The molecule has 0 saturated carbocycles. The summed E-state index contributed by atoms with van der Waals surface area (Å²) in [4.78, 5) is 39.4. The summed E-state index contributed by atoms with van der Waals surface area (Å²) >= 11 is 0. The van der Waals surface area contributed by atoms with Gasteiger partial charge in [0.25, 0.3) is 0 Å². The molecular weight excluding hydrogens is 467 g/mol. The predicted molar refractivity (Wildman–Crippen MR) is 120 cm³/mol. The highest BCUT2D eigenvalue weighted by molar-refractivity contribution is 6.22. The van der Waals surface area contributed by atoms with Crippen LogP contribution in [0.5, 0.6) is 0 Å². The zero-order valence-corrected chi connectivity index (χ0v) is 18.9. The lowest BCUT2D eigenvalue weighted by molar-refractivity contribution is -0.192. The van der Waals surface area contributed by atoms with Crippen molar-refractivity contribution in [2.45, 2.75) is 19.1 Å². The first-order valence-electron chi connectivity index (χ1n) is 11.2. The molecule has 0 unspecified atom stereocenters. The zero-order chi connectivity index (χ0) is 25.3. The molecule has 4 aliphatic heterocycles. The topological polar surface area (TPSA) is 119 Å². The SMILES string of the molecule is Nc1ccc2c(c1)CNCC2.O=C(O)C(F)(F)F.O=C1C=C(N2CC2)C(=O)C(N2CC2)=C1N1CC1. The molecule has 0 aromatic heterocycles. The number of carboxylic acid groups (broad SMARTS) is 1. The summed E-state index contributed by atoms with van der Waals surface area (Å²) in [5, 5.41) is 10.4. The summed E-state index contributed by atoms with van der Waals surface area (Å²) in [5.41, 5.74) is 11.2. The number of hydrogen-bond donors (Lipinski definition) is 3. The third-order valence-corrected chi connectivity index (χ3v) is 5.85. The van der Waals surface area contributed by atoms with Gasteiger partial charge in [0.2, 0.25) is 11.6 Å². The molecule has 5 aliphatic rings. The van der Waals surface area contributed by atoms with Crippen molar-refractivity contribution in [3.8, 4) is 0 Å². The first kappa shape index (κ1) is 24.6. The van der Waals surface area contributed by atoms with E-state index < -0.39 is 12.1 Å². The Balaban J connectivity index is 0.000000139. The van der Waals surface area contributed by atoms with Crippen molar-refractivity contribution in [3.05, 3.63) is 52.5 Å². The maximum absolute atomic E-state index is 12.4. The molecule has 1 aliphatic carbocycles. The second-order valence-electron chi connectivity index (χ2n) is 8.64. The molecule has 12 heteroatoms. The van der Waals surface area contributed by atoms with Gasteiger partial charge < -0.3 is 30.9 Å². The van der Waals surface area contributed by atoms with E-state index in [0.29, 0.717) is 17.1 Å². The second kappa shape index (κ2) is 9.61. The number of carbonyl (C=O) groups is 3. The lowest BCUT2D eigenvalue weighted by Crippen LogP contribution is -2.29. The minimum Gasteiger partial charge on any atom is -0.475 e. The van der Waals surface area contributed by atoms with Crippen LogP contribution in [0.1, 0.15) is 11.1 Å². The normalized spacial score (nSPS) is 20.2. The number of carboxylic acids is 1. The number of fused-ring (bicyclic) bond motifs is 1. The van der Waals surface area contributed by atoms with Crippen LogP contribution < -0.4 is 11.1 Å². The van der Waals surface area contributed by atoms with Gasteiger partial charge in [0.05, 0.1) is 5.70 Å². The number of halogens is 3. The minimum absolute atomic E-state index is 0.00546. The van der Waals surface area contributed by atoms with Gasteiger partial charge in [0, 0.05) is 57.6 Å². The maximum atomic E-state index is 12.4. The van der Waals surface area contributed by atoms with Crippen LogP contribution in [0.25, 0.3) is 0 Å². The van der Waals surface area contributed by atoms with E-state index in [2.05, 4.69) is 17.4 Å². The monoisotopic (exact) mass is 493 g/mol. The van der Waals surface area contributed by atoms with Gasteiger partial charge in [0.1, 0.15) is 11.4 Å². The van der Waals surface area contributed by atoms with Crippen LogP contribution in [-0.2, 0) is 27.3 Å². The summed E-state index contributed by atoms with van der Waals surface area (Å²) in [6.45, 7) is 7.47. The Bertz CT molecular complexity index is 1100. The first-order valence-corrected chi connectivity index (χ1v) is 11.2. The van der Waals surface area contributed by atoms with Crippen molar-refractivity contribution in [2.24, 2.45) is 0 Å². The van der Waals surface area contributed by atoms with Crippen LogP contribution in [0.3, 0.4) is 0 Å². The van der Waals surface area contributed by atoms with E-state index in [9.17, 15) is 22.8 Å². The molecule has 4 heterocycles. The Labute approximate surface area is 199 Å². The van der Waals surface area contributed by atoms with E-state index in [0.717, 1.165) is 64.5 Å². The van der Waals surface area contributed by atoms with Crippen LogP contribution in [0.4, 0.5) is 18.9 Å². The number of nitrogens with zero attached hydrogens (tertiary/aromatic N) is 3. The third kappa shape index (κ3) is 6.13. The van der Waals surface area contributed by atoms with Crippen LogP contribution in [0.15, 0.2) is 41.4 Å². The molecule has 188 valence electrons. The van der Waals surface area contributed by atoms with Gasteiger partial charge >= 0.3 is 12.1 Å². The molecule has 0 spiro atoms. The Morgan fingerprint density at radius 3 is 2.06 bits per heavy atom. The van der Waals surface area contributed by atoms with E-state index in [4.69, 9.17) is 15.6 Å². The summed E-state index contributed by atoms with van der Waals surface area (Å²) < 4.78 is 31.7. The Hall–Kier alpha value is -3.54. The Morgan fingerprint density at radius 1 is 0.943 bits per heavy atom. The number of nitrogen functional groups attached to an aromatic ring is 1. The van der Waals surface area contributed by atoms with Crippen molar-refractivity contribution >= 4 is 23.2 Å². The number of anilines is 1. The summed E-state index contributed by atoms with van der Waals surface area (Å²) in [6.07, 6.45) is -2.43. The molecule has 6 rings (SSSR count). The fourth-order valence-electron chi connectivity index (χ4n) is 3.78. The zero-order valence-electron chi connectivity index (χ0n) is 18.9. The summed E-state index contributed by atoms with van der Waals surface area (Å²) in [7, 11) is 0. The van der Waals surface area contributed by atoms with Crippen LogP contribution >= 0.6 is 0 Å². The first-order chi connectivity index (χ1) is 16.6. The van der Waals surface area contributed by atoms with Crippen molar-refractivity contribution in [2.75, 3.05) is 51.5 Å². The molecule has 3 saturated heterocycles. The predicted octanol–water partition coefficient (Wildman–Crippen LogP) is 0.728. The van der Waals surface area contributed by atoms with E-state index in [1.807, 2.05) is 20.8 Å². The average Bonchev–Trinajstić information content (AvgIpc) is 3.64.